The Balaban J connectivity index is 2.51. The van der Waals surface area contributed by atoms with Crippen LogP contribution in [0.25, 0.3) is 11.3 Å². The molecule has 0 aliphatic carbocycles. The van der Waals surface area contributed by atoms with Crippen LogP contribution in [0.15, 0.2) is 18.5 Å². The third-order valence-corrected chi connectivity index (χ3v) is 3.21. The minimum absolute atomic E-state index is 0.495. The number of pyridine rings is 1. The van der Waals surface area contributed by atoms with Crippen molar-refractivity contribution in [1.82, 2.24) is 19.7 Å². The van der Waals surface area contributed by atoms with Gasteiger partial charge in [-0.25, -0.2) is 4.98 Å². The Kier molecular flexibility index (Phi) is 4.24. The minimum Gasteiger partial charge on any atom is -0.493 e. The van der Waals surface area contributed by atoms with E-state index in [1.165, 1.54) is 0 Å². The van der Waals surface area contributed by atoms with E-state index in [4.69, 9.17) is 10.5 Å². The average molecular weight is 275 g/mol. The molecule has 0 aliphatic rings. The number of rotatable bonds is 5. The topological polar surface area (TPSA) is 69.2 Å². The van der Waals surface area contributed by atoms with E-state index in [1.807, 2.05) is 31.8 Å². The number of aromatic nitrogens is 3. The summed E-state index contributed by atoms with van der Waals surface area (Å²) >= 11 is 0. The van der Waals surface area contributed by atoms with Crippen LogP contribution in [0.3, 0.4) is 0 Å². The van der Waals surface area contributed by atoms with E-state index in [1.54, 1.807) is 19.5 Å². The standard InChI is InChI=1S/C14H21N5O/c1-10-5-6-16-14(15)12(10)13-11(20-4)9-17-19(13)8-7-18(2)3/h5-6,9H,7-8H2,1-4H3,(H2,15,16). The summed E-state index contributed by atoms with van der Waals surface area (Å²) < 4.78 is 7.33. The number of anilines is 1. The number of nitrogens with zero attached hydrogens (tertiary/aromatic N) is 4. The normalized spacial score (nSPS) is 11.1. The third kappa shape index (κ3) is 2.75. The van der Waals surface area contributed by atoms with E-state index in [-0.39, 0.29) is 0 Å². The second-order valence-corrected chi connectivity index (χ2v) is 4.98. The van der Waals surface area contributed by atoms with Crippen LogP contribution in [0.1, 0.15) is 5.56 Å². The Morgan fingerprint density at radius 2 is 2.15 bits per heavy atom. The summed E-state index contributed by atoms with van der Waals surface area (Å²) in [7, 11) is 5.70. The fourth-order valence-electron chi connectivity index (χ4n) is 2.12. The highest BCUT2D eigenvalue weighted by Crippen LogP contribution is 2.34. The van der Waals surface area contributed by atoms with E-state index in [0.717, 1.165) is 29.9 Å². The molecule has 0 amide bonds. The number of hydrogen-bond donors (Lipinski definition) is 1. The van der Waals surface area contributed by atoms with Crippen molar-refractivity contribution in [3.63, 3.8) is 0 Å². The Morgan fingerprint density at radius 1 is 1.40 bits per heavy atom. The first-order chi connectivity index (χ1) is 9.54. The van der Waals surface area contributed by atoms with Gasteiger partial charge in [0.05, 0.1) is 19.9 Å². The maximum absolute atomic E-state index is 6.04. The highest BCUT2D eigenvalue weighted by molar-refractivity contribution is 5.78. The van der Waals surface area contributed by atoms with Crippen molar-refractivity contribution in [2.75, 3.05) is 33.5 Å². The summed E-state index contributed by atoms with van der Waals surface area (Å²) in [6, 6.07) is 1.94. The molecule has 2 N–H and O–H groups in total. The molecule has 0 atom stereocenters. The van der Waals surface area contributed by atoms with Gasteiger partial charge in [-0.05, 0) is 32.6 Å². The molecule has 0 saturated heterocycles. The number of nitrogens with two attached hydrogens (primary N) is 1. The van der Waals surface area contributed by atoms with E-state index in [9.17, 15) is 0 Å². The van der Waals surface area contributed by atoms with Crippen LogP contribution >= 0.6 is 0 Å². The molecule has 0 saturated carbocycles. The zero-order valence-corrected chi connectivity index (χ0v) is 12.4. The number of hydrogen-bond acceptors (Lipinski definition) is 5. The molecule has 0 fully saturated rings. The minimum atomic E-state index is 0.495. The first-order valence-electron chi connectivity index (χ1n) is 6.50. The van der Waals surface area contributed by atoms with Gasteiger partial charge in [0.25, 0.3) is 0 Å². The predicted octanol–water partition coefficient (Wildman–Crippen LogP) is 1.41. The molecule has 20 heavy (non-hydrogen) atoms. The van der Waals surface area contributed by atoms with Gasteiger partial charge in [0.15, 0.2) is 5.75 Å². The van der Waals surface area contributed by atoms with Crippen LogP contribution in [0.5, 0.6) is 5.75 Å². The van der Waals surface area contributed by atoms with Crippen molar-refractivity contribution >= 4 is 5.82 Å². The van der Waals surface area contributed by atoms with Gasteiger partial charge in [-0.2, -0.15) is 5.10 Å². The van der Waals surface area contributed by atoms with Crippen molar-refractivity contribution in [3.05, 3.63) is 24.0 Å². The second-order valence-electron chi connectivity index (χ2n) is 4.98. The zero-order valence-electron chi connectivity index (χ0n) is 12.4. The Labute approximate surface area is 119 Å². The van der Waals surface area contributed by atoms with Crippen molar-refractivity contribution < 1.29 is 4.74 Å². The summed E-state index contributed by atoms with van der Waals surface area (Å²) in [5.74, 6) is 1.21. The van der Waals surface area contributed by atoms with E-state index in [0.29, 0.717) is 11.6 Å². The SMILES string of the molecule is COc1cnn(CCN(C)C)c1-c1c(C)ccnc1N. The van der Waals surface area contributed by atoms with Crippen LogP contribution in [0.4, 0.5) is 5.82 Å². The lowest BCUT2D eigenvalue weighted by Crippen LogP contribution is -2.19. The first-order valence-corrected chi connectivity index (χ1v) is 6.50. The second kappa shape index (κ2) is 5.92. The Morgan fingerprint density at radius 3 is 2.75 bits per heavy atom. The summed E-state index contributed by atoms with van der Waals surface area (Å²) in [4.78, 5) is 6.29. The molecule has 6 heteroatoms. The molecule has 6 nitrogen and oxygen atoms in total. The molecule has 0 aromatic carbocycles. The van der Waals surface area contributed by atoms with E-state index in [2.05, 4.69) is 15.0 Å². The van der Waals surface area contributed by atoms with Gasteiger partial charge in [-0.3, -0.25) is 4.68 Å². The van der Waals surface area contributed by atoms with Crippen LogP contribution in [-0.2, 0) is 6.54 Å². The lowest BCUT2D eigenvalue weighted by molar-refractivity contribution is 0.373. The van der Waals surface area contributed by atoms with Crippen molar-refractivity contribution in [2.45, 2.75) is 13.5 Å². The van der Waals surface area contributed by atoms with Crippen molar-refractivity contribution in [1.29, 1.82) is 0 Å². The van der Waals surface area contributed by atoms with Gasteiger partial charge in [-0.1, -0.05) is 0 Å². The van der Waals surface area contributed by atoms with E-state index >= 15 is 0 Å². The highest BCUT2D eigenvalue weighted by atomic mass is 16.5. The average Bonchev–Trinajstić information content (AvgIpc) is 2.79. The van der Waals surface area contributed by atoms with Gasteiger partial charge in [0, 0.05) is 18.3 Å². The van der Waals surface area contributed by atoms with Crippen molar-refractivity contribution in [2.24, 2.45) is 0 Å². The van der Waals surface area contributed by atoms with Gasteiger partial charge in [-0.15, -0.1) is 0 Å². The Hall–Kier alpha value is -2.08. The molecule has 0 spiro atoms. The lowest BCUT2D eigenvalue weighted by atomic mass is 10.1. The highest BCUT2D eigenvalue weighted by Gasteiger charge is 2.18. The number of ether oxygens (including phenoxy) is 1. The summed E-state index contributed by atoms with van der Waals surface area (Å²) in [5.41, 5.74) is 8.88. The summed E-state index contributed by atoms with van der Waals surface area (Å²) in [6.07, 6.45) is 3.43. The third-order valence-electron chi connectivity index (χ3n) is 3.21. The molecule has 0 radical (unpaired) electrons. The van der Waals surface area contributed by atoms with Gasteiger partial charge in [0.2, 0.25) is 0 Å². The first kappa shape index (κ1) is 14.3. The quantitative estimate of drug-likeness (QED) is 0.893. The lowest BCUT2D eigenvalue weighted by Gasteiger charge is -2.15. The predicted molar refractivity (Wildman–Crippen MR) is 79.7 cm³/mol. The molecular formula is C14H21N5O. The maximum Gasteiger partial charge on any atom is 0.164 e. The molecule has 0 unspecified atom stereocenters. The largest absolute Gasteiger partial charge is 0.493 e. The zero-order chi connectivity index (χ0) is 14.7. The summed E-state index contributed by atoms with van der Waals surface area (Å²) in [6.45, 7) is 3.66. The van der Waals surface area contributed by atoms with Gasteiger partial charge >= 0.3 is 0 Å². The fraction of sp³-hybridized carbons (Fsp3) is 0.429. The van der Waals surface area contributed by atoms with Crippen LogP contribution in [-0.4, -0.2) is 47.4 Å². The molecule has 0 bridgehead atoms. The van der Waals surface area contributed by atoms with Crippen LogP contribution in [0.2, 0.25) is 0 Å². The van der Waals surface area contributed by atoms with Crippen LogP contribution in [0, 0.1) is 6.92 Å². The number of likely N-dealkylation sites (N-methyl/N-ethyl adjacent to an activating group) is 1. The molecule has 108 valence electrons. The molecule has 0 aliphatic heterocycles. The smallest absolute Gasteiger partial charge is 0.164 e. The molecule has 2 aromatic heterocycles. The maximum atomic E-state index is 6.04. The molecule has 2 aromatic rings. The van der Waals surface area contributed by atoms with Gasteiger partial charge < -0.3 is 15.4 Å². The number of methoxy groups -OCH3 is 1. The van der Waals surface area contributed by atoms with E-state index < -0.39 is 0 Å². The fourth-order valence-corrected chi connectivity index (χ4v) is 2.12. The number of aryl methyl sites for hydroxylation is 1. The van der Waals surface area contributed by atoms with Gasteiger partial charge in [0.1, 0.15) is 11.5 Å². The number of nitrogen functional groups attached to an aromatic ring is 1. The van der Waals surface area contributed by atoms with Crippen LogP contribution < -0.4 is 10.5 Å². The molecule has 2 rings (SSSR count). The molecular weight excluding hydrogens is 254 g/mol. The molecule has 2 heterocycles. The van der Waals surface area contributed by atoms with Crippen molar-refractivity contribution in [3.8, 4) is 17.0 Å². The summed E-state index contributed by atoms with van der Waals surface area (Å²) in [5, 5.41) is 4.40. The monoisotopic (exact) mass is 275 g/mol. The Bertz CT molecular complexity index is 571.